The highest BCUT2D eigenvalue weighted by atomic mass is 16.1. The van der Waals surface area contributed by atoms with Gasteiger partial charge in [-0.25, -0.2) is 0 Å². The van der Waals surface area contributed by atoms with Gasteiger partial charge < -0.3 is 16.4 Å². The molecular formula is C9H20N4O. The zero-order valence-corrected chi connectivity index (χ0v) is 8.78. The highest BCUT2D eigenvalue weighted by Crippen LogP contribution is 2.01. The van der Waals surface area contributed by atoms with Crippen LogP contribution in [0.25, 0.3) is 0 Å². The number of hydrogen-bond donors (Lipinski definition) is 2. The van der Waals surface area contributed by atoms with Crippen LogP contribution in [0.5, 0.6) is 0 Å². The van der Waals surface area contributed by atoms with Crippen molar-refractivity contribution in [3.8, 4) is 0 Å². The van der Waals surface area contributed by atoms with Gasteiger partial charge in [0.25, 0.3) is 0 Å². The second-order valence-electron chi connectivity index (χ2n) is 3.97. The van der Waals surface area contributed by atoms with E-state index in [4.69, 9.17) is 11.5 Å². The molecule has 1 heterocycles. The molecule has 1 atom stereocenters. The van der Waals surface area contributed by atoms with Crippen LogP contribution >= 0.6 is 0 Å². The Labute approximate surface area is 85.0 Å². The maximum atomic E-state index is 10.8. The van der Waals surface area contributed by atoms with Crippen molar-refractivity contribution in [2.75, 3.05) is 39.8 Å². The number of nitrogens with two attached hydrogens (primary N) is 2. The average molecular weight is 200 g/mol. The predicted octanol–water partition coefficient (Wildman–Crippen LogP) is -1.56. The molecule has 0 aromatic heterocycles. The first-order chi connectivity index (χ1) is 6.59. The van der Waals surface area contributed by atoms with Crippen molar-refractivity contribution in [2.24, 2.45) is 11.5 Å². The quantitative estimate of drug-likeness (QED) is 0.577. The smallest absolute Gasteiger partial charge is 0.235 e. The predicted molar refractivity (Wildman–Crippen MR) is 55.7 cm³/mol. The number of hydrogen-bond acceptors (Lipinski definition) is 4. The Hall–Kier alpha value is -0.650. The van der Waals surface area contributed by atoms with Gasteiger partial charge in [0.15, 0.2) is 0 Å². The molecule has 1 amide bonds. The van der Waals surface area contributed by atoms with Gasteiger partial charge in [0.2, 0.25) is 5.91 Å². The third-order valence-electron chi connectivity index (χ3n) is 2.63. The third-order valence-corrected chi connectivity index (χ3v) is 2.63. The molecule has 0 aliphatic carbocycles. The number of amides is 1. The van der Waals surface area contributed by atoms with Crippen LogP contribution < -0.4 is 11.5 Å². The molecule has 1 aliphatic heterocycles. The summed E-state index contributed by atoms with van der Waals surface area (Å²) in [6.45, 7) is 4.71. The Morgan fingerprint density at radius 3 is 2.71 bits per heavy atom. The summed E-state index contributed by atoms with van der Waals surface area (Å²) in [5.41, 5.74) is 10.7. The normalized spacial score (nSPS) is 23.0. The molecule has 0 spiro atoms. The van der Waals surface area contributed by atoms with Gasteiger partial charge in [0.05, 0.1) is 6.04 Å². The van der Waals surface area contributed by atoms with E-state index >= 15 is 0 Å². The van der Waals surface area contributed by atoms with Crippen molar-refractivity contribution >= 4 is 5.91 Å². The first-order valence-electron chi connectivity index (χ1n) is 5.05. The summed E-state index contributed by atoms with van der Waals surface area (Å²) in [5.74, 6) is -0.414. The van der Waals surface area contributed by atoms with Crippen molar-refractivity contribution in [3.63, 3.8) is 0 Å². The number of likely N-dealkylation sites (N-methyl/N-ethyl adjacent to an activating group) is 1. The van der Waals surface area contributed by atoms with Crippen molar-refractivity contribution < 1.29 is 4.79 Å². The van der Waals surface area contributed by atoms with Gasteiger partial charge in [0, 0.05) is 19.6 Å². The molecule has 5 heteroatoms. The van der Waals surface area contributed by atoms with Crippen molar-refractivity contribution in [3.05, 3.63) is 0 Å². The summed E-state index contributed by atoms with van der Waals surface area (Å²) in [5, 5.41) is 0. The van der Waals surface area contributed by atoms with Crippen molar-refractivity contribution in [1.82, 2.24) is 9.80 Å². The summed E-state index contributed by atoms with van der Waals surface area (Å²) >= 11 is 0. The molecule has 0 bridgehead atoms. The molecule has 0 aromatic rings. The monoisotopic (exact) mass is 200 g/mol. The number of carbonyl (C=O) groups excluding carboxylic acids is 1. The van der Waals surface area contributed by atoms with E-state index in [0.717, 1.165) is 32.6 Å². The lowest BCUT2D eigenvalue weighted by Crippen LogP contribution is -2.46. The van der Waals surface area contributed by atoms with Crippen LogP contribution in [0, 0.1) is 0 Å². The molecule has 1 unspecified atom stereocenters. The minimum Gasteiger partial charge on any atom is -0.368 e. The first-order valence-corrected chi connectivity index (χ1v) is 5.05. The molecule has 0 aromatic carbocycles. The Morgan fingerprint density at radius 2 is 2.07 bits per heavy atom. The zero-order valence-electron chi connectivity index (χ0n) is 8.78. The van der Waals surface area contributed by atoms with Crippen LogP contribution in [-0.4, -0.2) is 61.5 Å². The molecule has 1 fully saturated rings. The summed E-state index contributed by atoms with van der Waals surface area (Å²) in [6, 6.07) is -0.529. The molecule has 4 N–H and O–H groups in total. The highest BCUT2D eigenvalue weighted by molar-refractivity contribution is 5.79. The van der Waals surface area contributed by atoms with E-state index in [1.54, 1.807) is 0 Å². The molecule has 0 saturated carbocycles. The minimum atomic E-state index is -0.529. The van der Waals surface area contributed by atoms with E-state index in [1.807, 2.05) is 0 Å². The molecule has 5 nitrogen and oxygen atoms in total. The number of rotatable bonds is 3. The maximum absolute atomic E-state index is 10.8. The largest absolute Gasteiger partial charge is 0.368 e. The molecule has 14 heavy (non-hydrogen) atoms. The van der Waals surface area contributed by atoms with E-state index in [1.165, 1.54) is 0 Å². The van der Waals surface area contributed by atoms with Crippen LogP contribution in [-0.2, 0) is 4.79 Å². The van der Waals surface area contributed by atoms with E-state index in [-0.39, 0.29) is 0 Å². The molecule has 1 aliphatic rings. The number of carbonyl (C=O) groups is 1. The topological polar surface area (TPSA) is 75.6 Å². The zero-order chi connectivity index (χ0) is 10.6. The third kappa shape index (κ3) is 3.61. The van der Waals surface area contributed by atoms with Crippen LogP contribution in [0.1, 0.15) is 6.42 Å². The van der Waals surface area contributed by atoms with Gasteiger partial charge in [-0.15, -0.1) is 0 Å². The van der Waals surface area contributed by atoms with Gasteiger partial charge in [-0.05, 0) is 26.6 Å². The lowest BCUT2D eigenvalue weighted by Gasteiger charge is -2.22. The fourth-order valence-electron chi connectivity index (χ4n) is 1.65. The average Bonchev–Trinajstić information content (AvgIpc) is 2.31. The summed E-state index contributed by atoms with van der Waals surface area (Å²) in [4.78, 5) is 15.3. The van der Waals surface area contributed by atoms with E-state index in [2.05, 4.69) is 16.8 Å². The maximum Gasteiger partial charge on any atom is 0.235 e. The summed E-state index contributed by atoms with van der Waals surface area (Å²) in [7, 11) is 2.11. The second kappa shape index (κ2) is 5.29. The first kappa shape index (κ1) is 11.4. The Kier molecular flexibility index (Phi) is 4.31. The number of nitrogens with zero attached hydrogens (tertiary/aromatic N) is 2. The second-order valence-corrected chi connectivity index (χ2v) is 3.97. The molecule has 0 radical (unpaired) electrons. The Morgan fingerprint density at radius 1 is 1.36 bits per heavy atom. The number of primary amides is 1. The van der Waals surface area contributed by atoms with Crippen LogP contribution in [0.4, 0.5) is 0 Å². The van der Waals surface area contributed by atoms with Gasteiger partial charge in [-0.3, -0.25) is 9.69 Å². The molecule has 1 rings (SSSR count). The molecule has 1 saturated heterocycles. The van der Waals surface area contributed by atoms with Crippen molar-refractivity contribution in [1.29, 1.82) is 0 Å². The lowest BCUT2D eigenvalue weighted by atomic mass is 10.2. The summed E-state index contributed by atoms with van der Waals surface area (Å²) in [6.07, 6.45) is 1.13. The molecular weight excluding hydrogens is 180 g/mol. The summed E-state index contributed by atoms with van der Waals surface area (Å²) < 4.78 is 0. The van der Waals surface area contributed by atoms with Gasteiger partial charge >= 0.3 is 0 Å². The van der Waals surface area contributed by atoms with Gasteiger partial charge in [-0.2, -0.15) is 0 Å². The van der Waals surface area contributed by atoms with E-state index in [0.29, 0.717) is 6.54 Å². The lowest BCUT2D eigenvalue weighted by molar-refractivity contribution is -0.119. The Bertz CT molecular complexity index is 197. The van der Waals surface area contributed by atoms with Crippen LogP contribution in [0.2, 0.25) is 0 Å². The minimum absolute atomic E-state index is 0.414. The standard InChI is InChI=1S/C9H20N4O/c1-12-3-2-4-13(6-5-12)7-8(10)9(11)14/h8H,2-7,10H2,1H3,(H2,11,14). The van der Waals surface area contributed by atoms with E-state index < -0.39 is 11.9 Å². The highest BCUT2D eigenvalue weighted by Gasteiger charge is 2.17. The van der Waals surface area contributed by atoms with Gasteiger partial charge in [-0.1, -0.05) is 0 Å². The van der Waals surface area contributed by atoms with E-state index in [9.17, 15) is 4.79 Å². The van der Waals surface area contributed by atoms with Crippen LogP contribution in [0.15, 0.2) is 0 Å². The SMILES string of the molecule is CN1CCCN(CC(N)C(N)=O)CC1. The molecule has 82 valence electrons. The van der Waals surface area contributed by atoms with Gasteiger partial charge in [0.1, 0.15) is 0 Å². The Balaban J connectivity index is 2.33. The van der Waals surface area contributed by atoms with Crippen LogP contribution in [0.3, 0.4) is 0 Å². The van der Waals surface area contributed by atoms with Crippen molar-refractivity contribution in [2.45, 2.75) is 12.5 Å². The fourth-order valence-corrected chi connectivity index (χ4v) is 1.65. The fraction of sp³-hybridized carbons (Fsp3) is 0.889.